The molecule has 0 aliphatic carbocycles. The number of hydrogen-bond donors (Lipinski definition) is 2. The fourth-order valence-electron chi connectivity index (χ4n) is 3.04. The topological polar surface area (TPSA) is 93.2 Å². The number of aromatic nitrogens is 2. The van der Waals surface area contributed by atoms with Crippen LogP contribution in [-0.2, 0) is 16.6 Å². The number of ether oxygens (including phenoxy) is 1. The van der Waals surface area contributed by atoms with Gasteiger partial charge in [-0.3, -0.25) is 4.72 Å². The molecule has 0 fully saturated rings. The Hall–Kier alpha value is -3.65. The van der Waals surface area contributed by atoms with Gasteiger partial charge in [0.2, 0.25) is 0 Å². The van der Waals surface area contributed by atoms with Gasteiger partial charge in [-0.05, 0) is 48.9 Å². The van der Waals surface area contributed by atoms with Crippen LogP contribution in [0.25, 0.3) is 11.0 Å². The number of hydrogen-bond acceptors (Lipinski definition) is 6. The summed E-state index contributed by atoms with van der Waals surface area (Å²) in [6, 6.07) is 23.3. The molecule has 7 nitrogen and oxygen atoms in total. The van der Waals surface area contributed by atoms with E-state index in [1.807, 2.05) is 55.5 Å². The lowest BCUT2D eigenvalue weighted by Crippen LogP contribution is -2.16. The minimum atomic E-state index is -3.87. The molecular formula is C23H22N4O3S. The van der Waals surface area contributed by atoms with Crippen molar-refractivity contribution in [3.63, 3.8) is 0 Å². The minimum absolute atomic E-state index is 0.111. The number of sulfonamides is 1. The smallest absolute Gasteiger partial charge is 0.263 e. The third kappa shape index (κ3) is 4.92. The van der Waals surface area contributed by atoms with Crippen LogP contribution < -0.4 is 14.8 Å². The molecule has 0 aliphatic rings. The van der Waals surface area contributed by atoms with E-state index in [0.29, 0.717) is 35.8 Å². The van der Waals surface area contributed by atoms with Crippen molar-refractivity contribution in [2.75, 3.05) is 16.6 Å². The van der Waals surface area contributed by atoms with Crippen molar-refractivity contribution in [2.24, 2.45) is 0 Å². The summed E-state index contributed by atoms with van der Waals surface area (Å²) in [6.45, 7) is 2.85. The second kappa shape index (κ2) is 9.01. The molecule has 0 radical (unpaired) electrons. The Labute approximate surface area is 181 Å². The second-order valence-corrected chi connectivity index (χ2v) is 8.44. The molecule has 0 atom stereocenters. The predicted molar refractivity (Wildman–Crippen MR) is 122 cm³/mol. The Balaban J connectivity index is 1.65. The molecule has 4 aromatic rings. The molecule has 0 unspecified atom stereocenters. The molecule has 0 saturated carbocycles. The average molecular weight is 435 g/mol. The third-order valence-electron chi connectivity index (χ3n) is 4.55. The lowest BCUT2D eigenvalue weighted by Gasteiger charge is -2.14. The Morgan fingerprint density at radius 1 is 0.806 bits per heavy atom. The fraction of sp³-hybridized carbons (Fsp3) is 0.130. The van der Waals surface area contributed by atoms with Gasteiger partial charge in [-0.15, -0.1) is 0 Å². The number of anilines is 2. The number of nitrogens with zero attached hydrogens (tertiary/aromatic N) is 2. The molecule has 1 heterocycles. The van der Waals surface area contributed by atoms with Gasteiger partial charge in [0.05, 0.1) is 22.5 Å². The minimum Gasteiger partial charge on any atom is -0.494 e. The second-order valence-electron chi connectivity index (χ2n) is 6.76. The van der Waals surface area contributed by atoms with Crippen LogP contribution in [0.3, 0.4) is 0 Å². The van der Waals surface area contributed by atoms with Crippen molar-refractivity contribution in [1.82, 2.24) is 9.97 Å². The molecule has 2 N–H and O–H groups in total. The Bertz CT molecular complexity index is 1280. The number of para-hydroxylation sites is 2. The molecular weight excluding hydrogens is 412 g/mol. The molecule has 3 aromatic carbocycles. The van der Waals surface area contributed by atoms with E-state index in [9.17, 15) is 8.42 Å². The van der Waals surface area contributed by atoms with Crippen LogP contribution in [0.15, 0.2) is 83.8 Å². The maximum atomic E-state index is 13.0. The van der Waals surface area contributed by atoms with E-state index in [-0.39, 0.29) is 10.7 Å². The summed E-state index contributed by atoms with van der Waals surface area (Å²) in [5.41, 5.74) is 2.30. The van der Waals surface area contributed by atoms with E-state index in [1.165, 1.54) is 12.1 Å². The molecule has 158 valence electrons. The predicted octanol–water partition coefficient (Wildman–Crippen LogP) is 4.44. The van der Waals surface area contributed by atoms with Gasteiger partial charge < -0.3 is 10.1 Å². The van der Waals surface area contributed by atoms with Gasteiger partial charge >= 0.3 is 0 Å². The van der Waals surface area contributed by atoms with Gasteiger partial charge in [-0.1, -0.05) is 42.5 Å². The standard InChI is InChI=1S/C23H22N4O3S/c1-2-30-18-12-14-19(15-13-18)31(28,29)27-23-22(24-16-17-8-4-3-5-9-17)25-20-10-6-7-11-21(20)26-23/h3-15H,2,16H2,1H3,(H,24,25)(H,26,27). The first-order valence-electron chi connectivity index (χ1n) is 9.85. The van der Waals surface area contributed by atoms with Crippen molar-refractivity contribution in [3.8, 4) is 5.75 Å². The summed E-state index contributed by atoms with van der Waals surface area (Å²) in [7, 11) is -3.87. The lowest BCUT2D eigenvalue weighted by atomic mass is 10.2. The summed E-state index contributed by atoms with van der Waals surface area (Å²) in [4.78, 5) is 9.20. The van der Waals surface area contributed by atoms with Crippen molar-refractivity contribution in [2.45, 2.75) is 18.4 Å². The molecule has 31 heavy (non-hydrogen) atoms. The zero-order chi connectivity index (χ0) is 21.7. The summed E-state index contributed by atoms with van der Waals surface area (Å²) in [6.07, 6.45) is 0. The van der Waals surface area contributed by atoms with E-state index in [0.717, 1.165) is 5.56 Å². The third-order valence-corrected chi connectivity index (χ3v) is 5.90. The zero-order valence-corrected chi connectivity index (χ0v) is 17.8. The van der Waals surface area contributed by atoms with Gasteiger partial charge in [0, 0.05) is 6.54 Å². The van der Waals surface area contributed by atoms with E-state index < -0.39 is 10.0 Å². The molecule has 1 aromatic heterocycles. The van der Waals surface area contributed by atoms with E-state index in [1.54, 1.807) is 18.2 Å². The molecule has 4 rings (SSSR count). The Kier molecular flexibility index (Phi) is 5.99. The van der Waals surface area contributed by atoms with Crippen LogP contribution in [0.5, 0.6) is 5.75 Å². The fourth-order valence-corrected chi connectivity index (χ4v) is 4.05. The quantitative estimate of drug-likeness (QED) is 0.426. The van der Waals surface area contributed by atoms with Crippen LogP contribution in [0.2, 0.25) is 0 Å². The van der Waals surface area contributed by atoms with Crippen LogP contribution in [0.4, 0.5) is 11.6 Å². The van der Waals surface area contributed by atoms with Gasteiger partial charge in [0.25, 0.3) is 10.0 Å². The van der Waals surface area contributed by atoms with Crippen LogP contribution in [0.1, 0.15) is 12.5 Å². The van der Waals surface area contributed by atoms with E-state index >= 15 is 0 Å². The monoisotopic (exact) mass is 434 g/mol. The summed E-state index contributed by atoms with van der Waals surface area (Å²) >= 11 is 0. The molecule has 0 spiro atoms. The van der Waals surface area contributed by atoms with Crippen molar-refractivity contribution in [3.05, 3.63) is 84.4 Å². The van der Waals surface area contributed by atoms with Gasteiger partial charge in [0.1, 0.15) is 5.75 Å². The molecule has 0 amide bonds. The maximum Gasteiger partial charge on any atom is 0.263 e. The highest BCUT2D eigenvalue weighted by Crippen LogP contribution is 2.25. The van der Waals surface area contributed by atoms with Gasteiger partial charge in [-0.2, -0.15) is 0 Å². The van der Waals surface area contributed by atoms with Crippen LogP contribution in [-0.4, -0.2) is 25.0 Å². The van der Waals surface area contributed by atoms with Crippen LogP contribution in [0, 0.1) is 0 Å². The molecule has 0 saturated heterocycles. The molecule has 8 heteroatoms. The van der Waals surface area contributed by atoms with Crippen molar-refractivity contribution < 1.29 is 13.2 Å². The normalized spacial score (nSPS) is 11.3. The SMILES string of the molecule is CCOc1ccc(S(=O)(=O)Nc2nc3ccccc3nc2NCc2ccccc2)cc1. The van der Waals surface area contributed by atoms with Crippen LogP contribution >= 0.6 is 0 Å². The summed E-state index contributed by atoms with van der Waals surface area (Å²) in [5.74, 6) is 1.11. The highest BCUT2D eigenvalue weighted by Gasteiger charge is 2.19. The highest BCUT2D eigenvalue weighted by atomic mass is 32.2. The molecule has 0 aliphatic heterocycles. The number of benzene rings is 3. The summed E-state index contributed by atoms with van der Waals surface area (Å²) < 4.78 is 33.9. The lowest BCUT2D eigenvalue weighted by molar-refractivity contribution is 0.340. The first-order chi connectivity index (χ1) is 15.0. The largest absolute Gasteiger partial charge is 0.494 e. The zero-order valence-electron chi connectivity index (χ0n) is 16.9. The van der Waals surface area contributed by atoms with Crippen molar-refractivity contribution >= 4 is 32.7 Å². The van der Waals surface area contributed by atoms with E-state index in [2.05, 4.69) is 20.0 Å². The highest BCUT2D eigenvalue weighted by molar-refractivity contribution is 7.92. The number of rotatable bonds is 8. The summed E-state index contributed by atoms with van der Waals surface area (Å²) in [5, 5.41) is 3.20. The Morgan fingerprint density at radius 2 is 1.42 bits per heavy atom. The first-order valence-corrected chi connectivity index (χ1v) is 11.3. The van der Waals surface area contributed by atoms with Crippen molar-refractivity contribution in [1.29, 1.82) is 0 Å². The Morgan fingerprint density at radius 3 is 2.06 bits per heavy atom. The first kappa shape index (κ1) is 20.6. The average Bonchev–Trinajstić information content (AvgIpc) is 2.79. The van der Waals surface area contributed by atoms with Gasteiger partial charge in [0.15, 0.2) is 11.6 Å². The van der Waals surface area contributed by atoms with E-state index in [4.69, 9.17) is 4.74 Å². The molecule has 0 bridgehead atoms. The van der Waals surface area contributed by atoms with Gasteiger partial charge in [-0.25, -0.2) is 18.4 Å². The number of nitrogens with one attached hydrogen (secondary N) is 2. The maximum absolute atomic E-state index is 13.0. The number of fused-ring (bicyclic) bond motifs is 1.